The van der Waals surface area contributed by atoms with Crippen molar-refractivity contribution in [3.8, 4) is 5.75 Å². The van der Waals surface area contributed by atoms with Crippen molar-refractivity contribution in [2.45, 2.75) is 45.6 Å². The summed E-state index contributed by atoms with van der Waals surface area (Å²) in [5.41, 5.74) is 2.78. The molecule has 148 valence electrons. The molecule has 0 radical (unpaired) electrons. The van der Waals surface area contributed by atoms with E-state index in [1.54, 1.807) is 0 Å². The van der Waals surface area contributed by atoms with Gasteiger partial charge < -0.3 is 15.4 Å². The largest absolute Gasteiger partial charge is 0.492 e. The topological polar surface area (TPSA) is 67.4 Å². The summed E-state index contributed by atoms with van der Waals surface area (Å²) >= 11 is 0. The summed E-state index contributed by atoms with van der Waals surface area (Å²) in [6.45, 7) is 4.41. The number of ether oxygens (including phenoxy) is 1. The lowest BCUT2D eigenvalue weighted by atomic mass is 9.95. The van der Waals surface area contributed by atoms with Crippen molar-refractivity contribution in [2.75, 3.05) is 11.9 Å². The molecule has 1 aliphatic rings. The van der Waals surface area contributed by atoms with Gasteiger partial charge in [0.15, 0.2) is 0 Å². The zero-order chi connectivity index (χ0) is 19.9. The van der Waals surface area contributed by atoms with Crippen molar-refractivity contribution < 1.29 is 14.3 Å². The molecule has 0 fully saturated rings. The minimum absolute atomic E-state index is 0.0145. The number of hydrogen-bond donors (Lipinski definition) is 2. The van der Waals surface area contributed by atoms with Gasteiger partial charge >= 0.3 is 0 Å². The highest BCUT2D eigenvalue weighted by Crippen LogP contribution is 2.30. The quantitative estimate of drug-likeness (QED) is 0.755. The van der Waals surface area contributed by atoms with Crippen LogP contribution in [0.15, 0.2) is 48.5 Å². The molecule has 0 aliphatic carbocycles. The minimum Gasteiger partial charge on any atom is -0.492 e. The van der Waals surface area contributed by atoms with Crippen molar-refractivity contribution in [3.63, 3.8) is 0 Å². The molecule has 2 aromatic carbocycles. The van der Waals surface area contributed by atoms with Gasteiger partial charge in [0.2, 0.25) is 11.8 Å². The molecule has 5 nitrogen and oxygen atoms in total. The molecule has 2 aromatic rings. The fraction of sp³-hybridized carbons (Fsp3) is 0.391. The molecule has 0 bridgehead atoms. The van der Waals surface area contributed by atoms with E-state index < -0.39 is 0 Å². The summed E-state index contributed by atoms with van der Waals surface area (Å²) in [4.78, 5) is 24.7. The summed E-state index contributed by atoms with van der Waals surface area (Å²) in [7, 11) is 0. The third kappa shape index (κ3) is 5.12. The van der Waals surface area contributed by atoms with Gasteiger partial charge in [-0.1, -0.05) is 43.7 Å². The number of unbranched alkanes of at least 4 members (excludes halogenated alkanes) is 1. The number of hydrogen-bond acceptors (Lipinski definition) is 3. The summed E-state index contributed by atoms with van der Waals surface area (Å²) in [5, 5.41) is 6.01. The van der Waals surface area contributed by atoms with Crippen molar-refractivity contribution in [2.24, 2.45) is 5.92 Å². The molecule has 0 saturated heterocycles. The first kappa shape index (κ1) is 19.9. The second kappa shape index (κ2) is 9.40. The van der Waals surface area contributed by atoms with Gasteiger partial charge in [0.1, 0.15) is 12.4 Å². The standard InChI is InChI=1S/C23H28N2O3/c1-3-4-10-22(26)25-20-11-12-21-18(14-20)13-19(15-28-21)23(27)24-16(2)17-8-6-5-7-9-17/h5-9,11-12,14,16,19H,3-4,10,13,15H2,1-2H3,(H,24,27)(H,25,26). The molecule has 0 spiro atoms. The summed E-state index contributed by atoms with van der Waals surface area (Å²) in [6.07, 6.45) is 2.99. The second-order valence-corrected chi connectivity index (χ2v) is 7.33. The normalized spacial score (nSPS) is 16.4. The summed E-state index contributed by atoms with van der Waals surface area (Å²) in [6, 6.07) is 15.5. The number of anilines is 1. The molecule has 1 aliphatic heterocycles. The van der Waals surface area contributed by atoms with Gasteiger partial charge in [-0.3, -0.25) is 9.59 Å². The van der Waals surface area contributed by atoms with Crippen LogP contribution in [0, 0.1) is 5.92 Å². The third-order valence-electron chi connectivity index (χ3n) is 5.04. The van der Waals surface area contributed by atoms with E-state index in [4.69, 9.17) is 4.74 Å². The van der Waals surface area contributed by atoms with Crippen LogP contribution in [0.5, 0.6) is 5.75 Å². The lowest BCUT2D eigenvalue weighted by molar-refractivity contribution is -0.127. The Morgan fingerprint density at radius 3 is 2.71 bits per heavy atom. The Bertz CT molecular complexity index is 820. The second-order valence-electron chi connectivity index (χ2n) is 7.33. The molecule has 1 heterocycles. The highest BCUT2D eigenvalue weighted by molar-refractivity contribution is 5.91. The minimum atomic E-state index is -0.246. The molecule has 2 atom stereocenters. The van der Waals surface area contributed by atoms with E-state index in [0.29, 0.717) is 19.4 Å². The number of fused-ring (bicyclic) bond motifs is 1. The highest BCUT2D eigenvalue weighted by Gasteiger charge is 2.27. The maximum atomic E-state index is 12.7. The number of nitrogens with one attached hydrogen (secondary N) is 2. The first-order valence-corrected chi connectivity index (χ1v) is 9.97. The Labute approximate surface area is 166 Å². The van der Waals surface area contributed by atoms with Crippen LogP contribution in [0.3, 0.4) is 0 Å². The molecule has 0 aromatic heterocycles. The van der Waals surface area contributed by atoms with Crippen molar-refractivity contribution in [1.82, 2.24) is 5.32 Å². The number of amides is 2. The predicted molar refractivity (Wildman–Crippen MR) is 110 cm³/mol. The van der Waals surface area contributed by atoms with E-state index in [1.165, 1.54) is 0 Å². The van der Waals surface area contributed by atoms with Gasteiger partial charge in [0.25, 0.3) is 0 Å². The Morgan fingerprint density at radius 1 is 1.18 bits per heavy atom. The predicted octanol–water partition coefficient (Wildman–Crippen LogP) is 4.24. The van der Waals surface area contributed by atoms with Gasteiger partial charge in [-0.25, -0.2) is 0 Å². The summed E-state index contributed by atoms with van der Waals surface area (Å²) in [5.74, 6) is 0.542. The molecule has 5 heteroatoms. The van der Waals surface area contributed by atoms with Crippen LogP contribution in [0.1, 0.15) is 50.3 Å². The first-order chi connectivity index (χ1) is 13.6. The number of carbonyl (C=O) groups is 2. The highest BCUT2D eigenvalue weighted by atomic mass is 16.5. The average molecular weight is 380 g/mol. The van der Waals surface area contributed by atoms with Crippen molar-refractivity contribution in [3.05, 3.63) is 59.7 Å². The van der Waals surface area contributed by atoms with Crippen LogP contribution in [0.4, 0.5) is 5.69 Å². The maximum absolute atomic E-state index is 12.7. The fourth-order valence-corrected chi connectivity index (χ4v) is 3.36. The molecule has 28 heavy (non-hydrogen) atoms. The average Bonchev–Trinajstić information content (AvgIpc) is 2.72. The SMILES string of the molecule is CCCCC(=O)Nc1ccc2c(c1)CC(C(=O)NC(C)c1ccccc1)CO2. The summed E-state index contributed by atoms with van der Waals surface area (Å²) < 4.78 is 5.80. The van der Waals surface area contributed by atoms with Crippen LogP contribution in [0.2, 0.25) is 0 Å². The Morgan fingerprint density at radius 2 is 1.96 bits per heavy atom. The van der Waals surface area contributed by atoms with Gasteiger partial charge in [0.05, 0.1) is 12.0 Å². The number of rotatable bonds is 7. The zero-order valence-corrected chi connectivity index (χ0v) is 16.5. The van der Waals surface area contributed by atoms with E-state index in [-0.39, 0.29) is 23.8 Å². The zero-order valence-electron chi connectivity index (χ0n) is 16.5. The van der Waals surface area contributed by atoms with E-state index in [2.05, 4.69) is 17.6 Å². The molecular weight excluding hydrogens is 352 g/mol. The molecular formula is C23H28N2O3. The first-order valence-electron chi connectivity index (χ1n) is 9.97. The van der Waals surface area contributed by atoms with Crippen LogP contribution in [0.25, 0.3) is 0 Å². The lowest BCUT2D eigenvalue weighted by Gasteiger charge is -2.26. The Balaban J connectivity index is 1.61. The number of benzene rings is 2. The van der Waals surface area contributed by atoms with Gasteiger partial charge in [-0.2, -0.15) is 0 Å². The van der Waals surface area contributed by atoms with Crippen molar-refractivity contribution >= 4 is 17.5 Å². The van der Waals surface area contributed by atoms with E-state index >= 15 is 0 Å². The monoisotopic (exact) mass is 380 g/mol. The fourth-order valence-electron chi connectivity index (χ4n) is 3.36. The maximum Gasteiger partial charge on any atom is 0.227 e. The van der Waals surface area contributed by atoms with Gasteiger partial charge in [-0.15, -0.1) is 0 Å². The molecule has 3 rings (SSSR count). The van der Waals surface area contributed by atoms with Crippen molar-refractivity contribution in [1.29, 1.82) is 0 Å². The molecule has 2 amide bonds. The van der Waals surface area contributed by atoms with Crippen LogP contribution < -0.4 is 15.4 Å². The van der Waals surface area contributed by atoms with Gasteiger partial charge in [0, 0.05) is 12.1 Å². The number of carbonyl (C=O) groups excluding carboxylic acids is 2. The lowest BCUT2D eigenvalue weighted by Crippen LogP contribution is -2.38. The smallest absolute Gasteiger partial charge is 0.227 e. The van der Waals surface area contributed by atoms with Crippen LogP contribution >= 0.6 is 0 Å². The Kier molecular flexibility index (Phi) is 6.69. The van der Waals surface area contributed by atoms with Crippen LogP contribution in [-0.2, 0) is 16.0 Å². The molecule has 2 unspecified atom stereocenters. The molecule has 0 saturated carbocycles. The Hall–Kier alpha value is -2.82. The van der Waals surface area contributed by atoms with Crippen LogP contribution in [-0.4, -0.2) is 18.4 Å². The van der Waals surface area contributed by atoms with E-state index in [9.17, 15) is 9.59 Å². The van der Waals surface area contributed by atoms with E-state index in [1.807, 2.05) is 55.5 Å². The third-order valence-corrected chi connectivity index (χ3v) is 5.04. The van der Waals surface area contributed by atoms with E-state index in [0.717, 1.165) is 35.4 Å². The van der Waals surface area contributed by atoms with Gasteiger partial charge in [-0.05, 0) is 49.1 Å². The molecule has 2 N–H and O–H groups in total.